The van der Waals surface area contributed by atoms with Gasteiger partial charge in [-0.25, -0.2) is 9.78 Å². The molecule has 2 aromatic heterocycles. The summed E-state index contributed by atoms with van der Waals surface area (Å²) in [5.41, 5.74) is 8.25. The maximum absolute atomic E-state index is 13.0. The number of benzene rings is 1. The third-order valence-electron chi connectivity index (χ3n) is 5.66. The maximum Gasteiger partial charge on any atom is 0.343 e. The standard InChI is InChI=1S/C23H27N5O3/c1-3-26-15-17(23(30)31-4-2)22(29)16-13-18(24)20(14-19(16)26)27-9-11-28(12-10-27)21-7-5-6-8-25-21/h5-8,13-15H,3-4,9-12,24H2,1-2H3. The van der Waals surface area contributed by atoms with Crippen LogP contribution in [0.5, 0.6) is 0 Å². The molecule has 1 saturated heterocycles. The number of anilines is 3. The molecular weight excluding hydrogens is 394 g/mol. The predicted molar refractivity (Wildman–Crippen MR) is 123 cm³/mol. The number of hydrogen-bond acceptors (Lipinski definition) is 7. The van der Waals surface area contributed by atoms with Gasteiger partial charge in [0, 0.05) is 50.5 Å². The molecule has 31 heavy (non-hydrogen) atoms. The van der Waals surface area contributed by atoms with Gasteiger partial charge < -0.3 is 24.8 Å². The Morgan fingerprint density at radius 2 is 1.87 bits per heavy atom. The summed E-state index contributed by atoms with van der Waals surface area (Å²) in [6, 6.07) is 9.57. The first-order valence-electron chi connectivity index (χ1n) is 10.6. The van der Waals surface area contributed by atoms with Crippen LogP contribution >= 0.6 is 0 Å². The van der Waals surface area contributed by atoms with Crippen molar-refractivity contribution >= 4 is 34.1 Å². The van der Waals surface area contributed by atoms with Crippen LogP contribution in [0.2, 0.25) is 0 Å². The summed E-state index contributed by atoms with van der Waals surface area (Å²) < 4.78 is 6.95. The minimum absolute atomic E-state index is 0.0346. The van der Waals surface area contributed by atoms with Crippen LogP contribution in [0, 0.1) is 0 Å². The molecule has 0 aliphatic carbocycles. The molecule has 1 aromatic carbocycles. The van der Waals surface area contributed by atoms with E-state index in [1.54, 1.807) is 25.4 Å². The fourth-order valence-electron chi connectivity index (χ4n) is 4.05. The maximum atomic E-state index is 13.0. The van der Waals surface area contributed by atoms with Crippen LogP contribution in [0.3, 0.4) is 0 Å². The van der Waals surface area contributed by atoms with Gasteiger partial charge in [-0.05, 0) is 38.1 Å². The van der Waals surface area contributed by atoms with E-state index in [-0.39, 0.29) is 17.6 Å². The highest BCUT2D eigenvalue weighted by Crippen LogP contribution is 2.30. The van der Waals surface area contributed by atoms with Crippen LogP contribution in [0.1, 0.15) is 24.2 Å². The average molecular weight is 422 g/mol. The molecule has 3 heterocycles. The largest absolute Gasteiger partial charge is 0.462 e. The van der Waals surface area contributed by atoms with Crippen molar-refractivity contribution in [2.24, 2.45) is 0 Å². The van der Waals surface area contributed by atoms with E-state index in [1.807, 2.05) is 35.8 Å². The number of aryl methyl sites for hydroxylation is 1. The number of piperazine rings is 1. The Hall–Kier alpha value is -3.55. The van der Waals surface area contributed by atoms with E-state index in [2.05, 4.69) is 14.8 Å². The van der Waals surface area contributed by atoms with Crippen molar-refractivity contribution in [3.8, 4) is 0 Å². The molecule has 1 aliphatic rings. The molecule has 0 bridgehead atoms. The second-order valence-corrected chi connectivity index (χ2v) is 7.47. The fourth-order valence-corrected chi connectivity index (χ4v) is 4.05. The van der Waals surface area contributed by atoms with Crippen molar-refractivity contribution in [2.45, 2.75) is 20.4 Å². The second kappa shape index (κ2) is 8.67. The zero-order chi connectivity index (χ0) is 22.0. The van der Waals surface area contributed by atoms with Crippen LogP contribution in [0.25, 0.3) is 10.9 Å². The fraction of sp³-hybridized carbons (Fsp3) is 0.348. The number of ether oxygens (including phenoxy) is 1. The van der Waals surface area contributed by atoms with E-state index < -0.39 is 5.97 Å². The van der Waals surface area contributed by atoms with Gasteiger partial charge in [-0.1, -0.05) is 6.07 Å². The zero-order valence-corrected chi connectivity index (χ0v) is 17.9. The van der Waals surface area contributed by atoms with Gasteiger partial charge in [-0.3, -0.25) is 4.79 Å². The molecule has 8 heteroatoms. The van der Waals surface area contributed by atoms with Gasteiger partial charge in [0.15, 0.2) is 0 Å². The molecule has 0 atom stereocenters. The van der Waals surface area contributed by atoms with Crippen molar-refractivity contribution in [1.29, 1.82) is 0 Å². The molecule has 2 N–H and O–H groups in total. The Morgan fingerprint density at radius 1 is 1.13 bits per heavy atom. The molecule has 0 radical (unpaired) electrons. The number of pyridine rings is 2. The molecule has 0 saturated carbocycles. The second-order valence-electron chi connectivity index (χ2n) is 7.47. The summed E-state index contributed by atoms with van der Waals surface area (Å²) in [5, 5.41) is 0.431. The first kappa shape index (κ1) is 20.7. The monoisotopic (exact) mass is 421 g/mol. The molecular formula is C23H27N5O3. The van der Waals surface area contributed by atoms with E-state index in [1.165, 1.54) is 0 Å². The van der Waals surface area contributed by atoms with Crippen LogP contribution in [-0.2, 0) is 11.3 Å². The highest BCUT2D eigenvalue weighted by atomic mass is 16.5. The summed E-state index contributed by atoms with van der Waals surface area (Å²) in [4.78, 5) is 34.1. The number of nitrogens with zero attached hydrogens (tertiary/aromatic N) is 4. The Balaban J connectivity index is 1.67. The van der Waals surface area contributed by atoms with Crippen molar-refractivity contribution in [3.63, 3.8) is 0 Å². The number of fused-ring (bicyclic) bond motifs is 1. The normalized spacial score (nSPS) is 14.1. The van der Waals surface area contributed by atoms with E-state index in [4.69, 9.17) is 10.5 Å². The Labute approximate surface area is 180 Å². The first-order chi connectivity index (χ1) is 15.0. The van der Waals surface area contributed by atoms with Crippen LogP contribution < -0.4 is 21.0 Å². The quantitative estimate of drug-likeness (QED) is 0.500. The number of aromatic nitrogens is 2. The molecule has 4 rings (SSSR count). The summed E-state index contributed by atoms with van der Waals surface area (Å²) in [6.45, 7) is 7.77. The van der Waals surface area contributed by atoms with Crippen LogP contribution in [-0.4, -0.2) is 48.3 Å². The van der Waals surface area contributed by atoms with Crippen molar-refractivity contribution in [3.05, 3.63) is 58.5 Å². The molecule has 3 aromatic rings. The lowest BCUT2D eigenvalue weighted by Gasteiger charge is -2.37. The molecule has 0 amide bonds. The number of carbonyl (C=O) groups excluding carboxylic acids is 1. The highest BCUT2D eigenvalue weighted by Gasteiger charge is 2.22. The topological polar surface area (TPSA) is 93.7 Å². The van der Waals surface area contributed by atoms with E-state index in [0.717, 1.165) is 43.2 Å². The van der Waals surface area contributed by atoms with Gasteiger partial charge in [0.2, 0.25) is 5.43 Å². The number of nitrogen functional groups attached to an aromatic ring is 1. The molecule has 1 aliphatic heterocycles. The zero-order valence-electron chi connectivity index (χ0n) is 17.9. The van der Waals surface area contributed by atoms with Gasteiger partial charge in [0.05, 0.1) is 23.5 Å². The smallest absolute Gasteiger partial charge is 0.343 e. The minimum atomic E-state index is -0.607. The van der Waals surface area contributed by atoms with Crippen LogP contribution in [0.15, 0.2) is 47.5 Å². The average Bonchev–Trinajstić information content (AvgIpc) is 2.80. The van der Waals surface area contributed by atoms with E-state index in [0.29, 0.717) is 17.6 Å². The lowest BCUT2D eigenvalue weighted by atomic mass is 10.1. The molecule has 0 unspecified atom stereocenters. The van der Waals surface area contributed by atoms with Crippen molar-refractivity contribution in [2.75, 3.05) is 48.3 Å². The summed E-state index contributed by atoms with van der Waals surface area (Å²) in [5.74, 6) is 0.366. The minimum Gasteiger partial charge on any atom is -0.462 e. The lowest BCUT2D eigenvalue weighted by molar-refractivity contribution is 0.0524. The summed E-state index contributed by atoms with van der Waals surface area (Å²) in [7, 11) is 0. The van der Waals surface area contributed by atoms with E-state index >= 15 is 0 Å². The Bertz CT molecular complexity index is 1150. The molecule has 0 spiro atoms. The number of carbonyl (C=O) groups is 1. The summed E-state index contributed by atoms with van der Waals surface area (Å²) in [6.07, 6.45) is 3.39. The van der Waals surface area contributed by atoms with E-state index in [9.17, 15) is 9.59 Å². The summed E-state index contributed by atoms with van der Waals surface area (Å²) >= 11 is 0. The SMILES string of the molecule is CCOC(=O)c1cn(CC)c2cc(N3CCN(c4ccccn4)CC3)c(N)cc2c1=O. The number of hydrogen-bond donors (Lipinski definition) is 1. The van der Waals surface area contributed by atoms with Gasteiger partial charge in [-0.2, -0.15) is 0 Å². The third-order valence-corrected chi connectivity index (χ3v) is 5.66. The van der Waals surface area contributed by atoms with Gasteiger partial charge >= 0.3 is 5.97 Å². The molecule has 162 valence electrons. The van der Waals surface area contributed by atoms with Gasteiger partial charge in [-0.15, -0.1) is 0 Å². The Kier molecular flexibility index (Phi) is 5.79. The van der Waals surface area contributed by atoms with Crippen LogP contribution in [0.4, 0.5) is 17.2 Å². The highest BCUT2D eigenvalue weighted by molar-refractivity contribution is 5.96. The van der Waals surface area contributed by atoms with Crippen molar-refractivity contribution in [1.82, 2.24) is 9.55 Å². The van der Waals surface area contributed by atoms with Crippen molar-refractivity contribution < 1.29 is 9.53 Å². The molecule has 8 nitrogen and oxygen atoms in total. The van der Waals surface area contributed by atoms with Gasteiger partial charge in [0.25, 0.3) is 0 Å². The lowest BCUT2D eigenvalue weighted by Crippen LogP contribution is -2.47. The Morgan fingerprint density at radius 3 is 2.52 bits per heavy atom. The molecule has 1 fully saturated rings. The third kappa shape index (κ3) is 3.93. The number of rotatable bonds is 5. The first-order valence-corrected chi connectivity index (χ1v) is 10.6. The number of nitrogens with two attached hydrogens (primary N) is 1. The van der Waals surface area contributed by atoms with Gasteiger partial charge in [0.1, 0.15) is 11.4 Å². The number of esters is 1. The predicted octanol–water partition coefficient (Wildman–Crippen LogP) is 2.50.